The van der Waals surface area contributed by atoms with Gasteiger partial charge in [-0.25, -0.2) is 4.98 Å². The second-order valence-corrected chi connectivity index (χ2v) is 8.08. The van der Waals surface area contributed by atoms with Gasteiger partial charge in [0.1, 0.15) is 22.6 Å². The number of carbonyl (C=O) groups is 1. The van der Waals surface area contributed by atoms with Crippen LogP contribution in [0.4, 0.5) is 5.82 Å². The predicted octanol–water partition coefficient (Wildman–Crippen LogP) is 3.75. The van der Waals surface area contributed by atoms with Crippen molar-refractivity contribution in [2.75, 3.05) is 25.1 Å². The van der Waals surface area contributed by atoms with Crippen molar-refractivity contribution < 1.29 is 9.53 Å². The Morgan fingerprint density at radius 2 is 2.03 bits per heavy atom. The summed E-state index contributed by atoms with van der Waals surface area (Å²) in [7, 11) is 1.53. The Bertz CT molecular complexity index is 1230. The zero-order valence-electron chi connectivity index (χ0n) is 20.0. The summed E-state index contributed by atoms with van der Waals surface area (Å²) in [6, 6.07) is 0. The highest BCUT2D eigenvalue weighted by atomic mass is 16.5. The molecule has 174 valence electrons. The number of fused-ring (bicyclic) bond motifs is 1. The van der Waals surface area contributed by atoms with E-state index in [0.717, 1.165) is 37.3 Å². The molecule has 0 saturated carbocycles. The van der Waals surface area contributed by atoms with Crippen LogP contribution in [-0.4, -0.2) is 40.1 Å². The molecule has 0 bridgehead atoms. The Hall–Kier alpha value is -3.53. The van der Waals surface area contributed by atoms with Gasteiger partial charge < -0.3 is 14.2 Å². The molecule has 2 aromatic rings. The van der Waals surface area contributed by atoms with Crippen LogP contribution in [-0.2, 0) is 22.6 Å². The third-order valence-electron chi connectivity index (χ3n) is 5.85. The molecule has 7 nitrogen and oxygen atoms in total. The van der Waals surface area contributed by atoms with Crippen molar-refractivity contribution in [2.24, 2.45) is 0 Å². The lowest BCUT2D eigenvalue weighted by Gasteiger charge is -2.30. The van der Waals surface area contributed by atoms with Crippen LogP contribution < -0.4 is 10.5 Å². The lowest BCUT2D eigenvalue weighted by molar-refractivity contribution is -0.115. The van der Waals surface area contributed by atoms with E-state index in [1.54, 1.807) is 19.1 Å². The van der Waals surface area contributed by atoms with Crippen molar-refractivity contribution in [3.63, 3.8) is 0 Å². The highest BCUT2D eigenvalue weighted by molar-refractivity contribution is 5.97. The number of ketones is 1. The first-order valence-electron chi connectivity index (χ1n) is 11.3. The molecule has 1 saturated heterocycles. The van der Waals surface area contributed by atoms with Crippen LogP contribution in [0, 0.1) is 18.8 Å². The van der Waals surface area contributed by atoms with Gasteiger partial charge in [-0.15, -0.1) is 5.92 Å². The van der Waals surface area contributed by atoms with E-state index < -0.39 is 0 Å². The third kappa shape index (κ3) is 5.11. The van der Waals surface area contributed by atoms with E-state index in [1.165, 1.54) is 24.4 Å². The van der Waals surface area contributed by atoms with Crippen molar-refractivity contribution >= 4 is 22.6 Å². The Balaban J connectivity index is 2.04. The Labute approximate surface area is 195 Å². The first-order chi connectivity index (χ1) is 15.9. The maximum atomic E-state index is 13.5. The number of carbonyl (C=O) groups excluding carboxylic acids is 1. The smallest absolute Gasteiger partial charge is 0.278 e. The van der Waals surface area contributed by atoms with E-state index in [1.807, 2.05) is 24.5 Å². The molecule has 0 aliphatic carbocycles. The highest BCUT2D eigenvalue weighted by Gasteiger charge is 2.24. The first kappa shape index (κ1) is 24.1. The summed E-state index contributed by atoms with van der Waals surface area (Å²) in [5, 5.41) is 0. The average molecular weight is 449 g/mol. The summed E-state index contributed by atoms with van der Waals surface area (Å²) in [6.07, 6.45) is 10.0. The number of hydrogen-bond acceptors (Lipinski definition) is 5. The molecule has 2 aromatic heterocycles. The van der Waals surface area contributed by atoms with Gasteiger partial charge in [0.25, 0.3) is 5.56 Å². The van der Waals surface area contributed by atoms with E-state index in [2.05, 4.69) is 28.3 Å². The average Bonchev–Trinajstić information content (AvgIpc) is 3.11. The predicted molar refractivity (Wildman–Crippen MR) is 132 cm³/mol. The SMILES string of the molecule is C=C(/C=C(\C=C/C)OC)C(=O)Cn1cnc2c(C)c(N3CCCCC3)n(CC#CC)c2c1=O. The number of nitrogens with zero attached hydrogens (tertiary/aromatic N) is 4. The number of methoxy groups -OCH3 is 1. The topological polar surface area (TPSA) is 69.4 Å². The molecule has 7 heteroatoms. The van der Waals surface area contributed by atoms with Gasteiger partial charge in [-0.3, -0.25) is 14.2 Å². The van der Waals surface area contributed by atoms with E-state index >= 15 is 0 Å². The minimum Gasteiger partial charge on any atom is -0.497 e. The molecule has 1 aliphatic heterocycles. The molecule has 1 fully saturated rings. The summed E-state index contributed by atoms with van der Waals surface area (Å²) < 4.78 is 8.54. The zero-order valence-corrected chi connectivity index (χ0v) is 20.0. The maximum absolute atomic E-state index is 13.5. The van der Waals surface area contributed by atoms with Crippen molar-refractivity contribution in [1.82, 2.24) is 14.1 Å². The minimum absolute atomic E-state index is 0.146. The molecule has 33 heavy (non-hydrogen) atoms. The van der Waals surface area contributed by atoms with Gasteiger partial charge in [0.15, 0.2) is 5.78 Å². The molecule has 0 aromatic carbocycles. The molecular formula is C26H32N4O3. The lowest BCUT2D eigenvalue weighted by Crippen LogP contribution is -2.32. The molecule has 3 heterocycles. The fourth-order valence-corrected chi connectivity index (χ4v) is 4.20. The lowest BCUT2D eigenvalue weighted by atomic mass is 10.1. The maximum Gasteiger partial charge on any atom is 0.278 e. The van der Waals surface area contributed by atoms with Gasteiger partial charge in [0.05, 0.1) is 26.5 Å². The monoisotopic (exact) mass is 448 g/mol. The van der Waals surface area contributed by atoms with Crippen molar-refractivity contribution in [3.8, 4) is 11.8 Å². The third-order valence-corrected chi connectivity index (χ3v) is 5.85. The van der Waals surface area contributed by atoms with Crippen molar-refractivity contribution in [1.29, 1.82) is 0 Å². The number of rotatable bonds is 8. The van der Waals surface area contributed by atoms with E-state index in [0.29, 0.717) is 23.3 Å². The summed E-state index contributed by atoms with van der Waals surface area (Å²) in [5.41, 5.74) is 2.13. The number of anilines is 1. The van der Waals surface area contributed by atoms with Gasteiger partial charge in [-0.05, 0) is 52.2 Å². The highest BCUT2D eigenvalue weighted by Crippen LogP contribution is 2.31. The van der Waals surface area contributed by atoms with Crippen LogP contribution in [0.25, 0.3) is 11.0 Å². The standard InChI is InChI=1S/C26H32N4O3/c1-6-8-15-30-24-23(20(4)25(30)28-13-10-9-11-14-28)27-18-29(26(24)32)17-22(31)19(3)16-21(33-5)12-7-2/h7,12,16,18H,3,9-11,13-15,17H2,1-2,4-5H3/b12-7-,21-16+. The molecule has 3 rings (SSSR count). The summed E-state index contributed by atoms with van der Waals surface area (Å²) in [6.45, 7) is 11.6. The summed E-state index contributed by atoms with van der Waals surface area (Å²) in [5.74, 6) is 7.27. The van der Waals surface area contributed by atoms with Crippen molar-refractivity contribution in [2.45, 2.75) is 53.1 Å². The number of Topliss-reactive ketones (excluding diaryl/α,β-unsaturated/α-hetero) is 1. The van der Waals surface area contributed by atoms with Crippen LogP contribution in [0.2, 0.25) is 0 Å². The molecule has 1 aliphatic rings. The number of aryl methyl sites for hydroxylation is 1. The second kappa shape index (κ2) is 10.9. The molecule has 0 unspecified atom stereocenters. The largest absolute Gasteiger partial charge is 0.497 e. The molecule has 0 N–H and O–H groups in total. The zero-order chi connectivity index (χ0) is 24.0. The fraction of sp³-hybridized carbons (Fsp3) is 0.423. The van der Waals surface area contributed by atoms with Crippen LogP contribution in [0.1, 0.15) is 38.7 Å². The Morgan fingerprint density at radius 3 is 2.67 bits per heavy atom. The fourth-order valence-electron chi connectivity index (χ4n) is 4.20. The molecule has 0 atom stereocenters. The number of piperidine rings is 1. The quantitative estimate of drug-likeness (QED) is 0.266. The summed E-state index contributed by atoms with van der Waals surface area (Å²) in [4.78, 5) is 33.2. The van der Waals surface area contributed by atoms with Crippen LogP contribution >= 0.6 is 0 Å². The van der Waals surface area contributed by atoms with Crippen LogP contribution in [0.15, 0.2) is 47.3 Å². The van der Waals surface area contributed by atoms with Gasteiger partial charge in [0, 0.05) is 24.2 Å². The van der Waals surface area contributed by atoms with Gasteiger partial charge in [-0.1, -0.05) is 18.6 Å². The molecular weight excluding hydrogens is 416 g/mol. The van der Waals surface area contributed by atoms with E-state index in [9.17, 15) is 9.59 Å². The van der Waals surface area contributed by atoms with Gasteiger partial charge >= 0.3 is 0 Å². The number of allylic oxidation sites excluding steroid dienone is 4. The molecule has 0 amide bonds. The molecule has 0 radical (unpaired) electrons. The van der Waals surface area contributed by atoms with Gasteiger partial charge in [0.2, 0.25) is 0 Å². The normalized spacial score (nSPS) is 14.4. The van der Waals surface area contributed by atoms with Gasteiger partial charge in [-0.2, -0.15) is 0 Å². The summed E-state index contributed by atoms with van der Waals surface area (Å²) >= 11 is 0. The Morgan fingerprint density at radius 1 is 1.30 bits per heavy atom. The van der Waals surface area contributed by atoms with Crippen molar-refractivity contribution in [3.05, 3.63) is 58.4 Å². The second-order valence-electron chi connectivity index (χ2n) is 8.08. The van der Waals surface area contributed by atoms with Crippen LogP contribution in [0.5, 0.6) is 0 Å². The van der Waals surface area contributed by atoms with E-state index in [-0.39, 0.29) is 23.5 Å². The number of ether oxygens (including phenoxy) is 1. The number of aromatic nitrogens is 3. The Kier molecular flexibility index (Phi) is 7.94. The number of hydrogen-bond donors (Lipinski definition) is 0. The molecule has 0 spiro atoms. The van der Waals surface area contributed by atoms with E-state index in [4.69, 9.17) is 4.74 Å². The van der Waals surface area contributed by atoms with Crippen LogP contribution in [0.3, 0.4) is 0 Å². The minimum atomic E-state index is -0.281. The first-order valence-corrected chi connectivity index (χ1v) is 11.3.